The number of hydrogen-bond donors (Lipinski definition) is 1. The van der Waals surface area contributed by atoms with Crippen LogP contribution in [0.5, 0.6) is 0 Å². The molecule has 0 aromatic heterocycles. The van der Waals surface area contributed by atoms with Crippen molar-refractivity contribution < 1.29 is 17.9 Å². The van der Waals surface area contributed by atoms with Crippen LogP contribution in [0, 0.1) is 12.8 Å². The van der Waals surface area contributed by atoms with E-state index in [-0.39, 0.29) is 11.8 Å². The zero-order valence-electron chi connectivity index (χ0n) is 18.9. The number of morpholine rings is 1. The first-order valence-electron chi connectivity index (χ1n) is 11.4. The van der Waals surface area contributed by atoms with Gasteiger partial charge in [-0.2, -0.15) is 4.31 Å². The number of anilines is 2. The second kappa shape index (κ2) is 10.5. The summed E-state index contributed by atoms with van der Waals surface area (Å²) in [6.07, 6.45) is 2.63. The van der Waals surface area contributed by atoms with Crippen LogP contribution >= 0.6 is 0 Å². The van der Waals surface area contributed by atoms with E-state index in [0.29, 0.717) is 25.9 Å². The average Bonchev–Trinajstić information content (AvgIpc) is 2.85. The van der Waals surface area contributed by atoms with Crippen molar-refractivity contribution in [2.45, 2.75) is 19.8 Å². The Hall–Kier alpha value is -2.68. The zero-order chi connectivity index (χ0) is 23.3. The molecule has 0 saturated carbocycles. The fraction of sp³-hybridized carbons (Fsp3) is 0.400. The molecule has 4 rings (SSSR count). The molecule has 33 heavy (non-hydrogen) atoms. The normalized spacial score (nSPS) is 18.5. The molecule has 2 aliphatic heterocycles. The van der Waals surface area contributed by atoms with Gasteiger partial charge in [0.25, 0.3) is 0 Å². The van der Waals surface area contributed by atoms with E-state index in [1.807, 2.05) is 49.4 Å². The molecular weight excluding hydrogens is 438 g/mol. The number of piperidine rings is 1. The van der Waals surface area contributed by atoms with Crippen LogP contribution < -0.4 is 10.2 Å². The molecule has 2 heterocycles. The van der Waals surface area contributed by atoms with E-state index < -0.39 is 10.0 Å². The fourth-order valence-electron chi connectivity index (χ4n) is 4.23. The third-order valence-electron chi connectivity index (χ3n) is 6.26. The minimum absolute atomic E-state index is 0.0471. The number of amides is 1. The lowest BCUT2D eigenvalue weighted by molar-refractivity contribution is -0.120. The SMILES string of the molecule is Cc1cc(N2CCOCC2)ccc1NC(=O)C1CCN(S(=O)(=O)/C=C/c2ccccc2)CC1. The number of ether oxygens (including phenoxy) is 1. The second-order valence-corrected chi connectivity index (χ2v) is 10.3. The molecule has 0 radical (unpaired) electrons. The Morgan fingerprint density at radius 2 is 1.73 bits per heavy atom. The van der Waals surface area contributed by atoms with Crippen LogP contribution in [-0.2, 0) is 19.6 Å². The topological polar surface area (TPSA) is 79.0 Å². The lowest BCUT2D eigenvalue weighted by Gasteiger charge is -2.30. The molecule has 8 heteroatoms. The summed E-state index contributed by atoms with van der Waals surface area (Å²) in [5.41, 5.74) is 3.79. The fourth-order valence-corrected chi connectivity index (χ4v) is 5.45. The zero-order valence-corrected chi connectivity index (χ0v) is 19.8. The Kier molecular flexibility index (Phi) is 7.47. The maximum atomic E-state index is 12.9. The summed E-state index contributed by atoms with van der Waals surface area (Å²) in [5.74, 6) is -0.248. The van der Waals surface area contributed by atoms with Crippen LogP contribution in [0.15, 0.2) is 53.9 Å². The van der Waals surface area contributed by atoms with Gasteiger partial charge in [-0.1, -0.05) is 30.3 Å². The summed E-state index contributed by atoms with van der Waals surface area (Å²) in [7, 11) is -3.50. The number of carbonyl (C=O) groups is 1. The van der Waals surface area contributed by atoms with E-state index in [2.05, 4.69) is 16.3 Å². The number of nitrogens with one attached hydrogen (secondary N) is 1. The first-order valence-corrected chi connectivity index (χ1v) is 12.9. The number of hydrogen-bond acceptors (Lipinski definition) is 5. The number of nitrogens with zero attached hydrogens (tertiary/aromatic N) is 2. The molecule has 2 aromatic carbocycles. The Bertz CT molecular complexity index is 1090. The van der Waals surface area contributed by atoms with Crippen molar-refractivity contribution in [1.29, 1.82) is 0 Å². The van der Waals surface area contributed by atoms with Crippen LogP contribution in [0.25, 0.3) is 6.08 Å². The molecule has 1 amide bonds. The number of sulfonamides is 1. The lowest BCUT2D eigenvalue weighted by atomic mass is 9.97. The van der Waals surface area contributed by atoms with Gasteiger partial charge in [0.15, 0.2) is 0 Å². The summed E-state index contributed by atoms with van der Waals surface area (Å²) < 4.78 is 32.2. The van der Waals surface area contributed by atoms with Crippen LogP contribution in [-0.4, -0.2) is 58.0 Å². The van der Waals surface area contributed by atoms with Crippen molar-refractivity contribution in [2.24, 2.45) is 5.92 Å². The quantitative estimate of drug-likeness (QED) is 0.701. The van der Waals surface area contributed by atoms with E-state index in [1.165, 1.54) is 9.71 Å². The molecule has 2 saturated heterocycles. The number of benzene rings is 2. The molecular formula is C25H31N3O4S. The second-order valence-electron chi connectivity index (χ2n) is 8.52. The van der Waals surface area contributed by atoms with Gasteiger partial charge in [0, 0.05) is 48.9 Å². The van der Waals surface area contributed by atoms with E-state index in [4.69, 9.17) is 4.74 Å². The third kappa shape index (κ3) is 6.01. The van der Waals surface area contributed by atoms with Gasteiger partial charge >= 0.3 is 0 Å². The summed E-state index contributed by atoms with van der Waals surface area (Å²) in [4.78, 5) is 15.1. The summed E-state index contributed by atoms with van der Waals surface area (Å²) in [6, 6.07) is 15.4. The molecule has 2 fully saturated rings. The van der Waals surface area contributed by atoms with Crippen molar-refractivity contribution in [3.05, 3.63) is 65.1 Å². The molecule has 2 aliphatic rings. The van der Waals surface area contributed by atoms with Crippen molar-refractivity contribution in [2.75, 3.05) is 49.6 Å². The van der Waals surface area contributed by atoms with Gasteiger partial charge in [0.05, 0.1) is 13.2 Å². The van der Waals surface area contributed by atoms with Gasteiger partial charge in [-0.15, -0.1) is 0 Å². The van der Waals surface area contributed by atoms with Gasteiger partial charge in [-0.05, 0) is 55.2 Å². The van der Waals surface area contributed by atoms with Crippen LogP contribution in [0.1, 0.15) is 24.0 Å². The van der Waals surface area contributed by atoms with Crippen molar-refractivity contribution in [1.82, 2.24) is 4.31 Å². The smallest absolute Gasteiger partial charge is 0.236 e. The summed E-state index contributed by atoms with van der Waals surface area (Å²) >= 11 is 0. The predicted molar refractivity (Wildman–Crippen MR) is 132 cm³/mol. The van der Waals surface area contributed by atoms with Gasteiger partial charge < -0.3 is 15.0 Å². The highest BCUT2D eigenvalue weighted by Crippen LogP contribution is 2.26. The van der Waals surface area contributed by atoms with E-state index in [9.17, 15) is 13.2 Å². The van der Waals surface area contributed by atoms with Gasteiger partial charge in [-0.3, -0.25) is 4.79 Å². The third-order valence-corrected chi connectivity index (χ3v) is 7.83. The van der Waals surface area contributed by atoms with Crippen LogP contribution in [0.3, 0.4) is 0 Å². The molecule has 176 valence electrons. The van der Waals surface area contributed by atoms with E-state index >= 15 is 0 Å². The van der Waals surface area contributed by atoms with Crippen LogP contribution in [0.4, 0.5) is 11.4 Å². The van der Waals surface area contributed by atoms with Gasteiger partial charge in [0.2, 0.25) is 15.9 Å². The van der Waals surface area contributed by atoms with Gasteiger partial charge in [0.1, 0.15) is 0 Å². The molecule has 0 atom stereocenters. The van der Waals surface area contributed by atoms with Crippen molar-refractivity contribution >= 4 is 33.4 Å². The minimum atomic E-state index is -3.50. The molecule has 1 N–H and O–H groups in total. The lowest BCUT2D eigenvalue weighted by Crippen LogP contribution is -2.40. The maximum absolute atomic E-state index is 12.9. The maximum Gasteiger partial charge on any atom is 0.236 e. The minimum Gasteiger partial charge on any atom is -0.378 e. The van der Waals surface area contributed by atoms with Gasteiger partial charge in [-0.25, -0.2) is 8.42 Å². The molecule has 0 aliphatic carbocycles. The highest BCUT2D eigenvalue weighted by molar-refractivity contribution is 7.92. The largest absolute Gasteiger partial charge is 0.378 e. The highest BCUT2D eigenvalue weighted by Gasteiger charge is 2.30. The number of carbonyl (C=O) groups excluding carboxylic acids is 1. The molecule has 0 bridgehead atoms. The number of rotatable bonds is 6. The number of aryl methyl sites for hydroxylation is 1. The Labute approximate surface area is 196 Å². The van der Waals surface area contributed by atoms with Crippen molar-refractivity contribution in [3.8, 4) is 0 Å². The first kappa shape index (κ1) is 23.5. The Morgan fingerprint density at radius 1 is 1.03 bits per heavy atom. The molecule has 2 aromatic rings. The Morgan fingerprint density at radius 3 is 2.39 bits per heavy atom. The molecule has 7 nitrogen and oxygen atoms in total. The van der Waals surface area contributed by atoms with Crippen LogP contribution in [0.2, 0.25) is 0 Å². The summed E-state index contributed by atoms with van der Waals surface area (Å²) in [6.45, 7) is 5.87. The van der Waals surface area contributed by atoms with E-state index in [0.717, 1.165) is 48.8 Å². The monoisotopic (exact) mass is 469 g/mol. The van der Waals surface area contributed by atoms with Crippen molar-refractivity contribution in [3.63, 3.8) is 0 Å². The predicted octanol–water partition coefficient (Wildman–Crippen LogP) is 3.48. The molecule has 0 spiro atoms. The summed E-state index contributed by atoms with van der Waals surface area (Å²) in [5, 5.41) is 4.30. The molecule has 0 unspecified atom stereocenters. The van der Waals surface area contributed by atoms with E-state index in [1.54, 1.807) is 6.08 Å². The Balaban J connectivity index is 1.31. The average molecular weight is 470 g/mol. The highest BCUT2D eigenvalue weighted by atomic mass is 32.2. The first-order chi connectivity index (χ1) is 15.9. The standard InChI is InChI=1S/C25H31N3O4S/c1-20-19-23(27-14-16-32-17-15-27)7-8-24(20)26-25(29)22-9-12-28(13-10-22)33(30,31)18-11-21-5-3-2-4-6-21/h2-8,11,18-19,22H,9-10,12-17H2,1H3,(H,26,29)/b18-11+.